The fraction of sp³-hybridized carbons (Fsp3) is 0.350. The fourth-order valence-electron chi connectivity index (χ4n) is 3.29. The number of amides is 1. The summed E-state index contributed by atoms with van der Waals surface area (Å²) in [5, 5.41) is 6.13. The summed E-state index contributed by atoms with van der Waals surface area (Å²) in [6.07, 6.45) is -3.76. The maximum Gasteiger partial charge on any atom is 0.416 e. The van der Waals surface area contributed by atoms with E-state index in [1.54, 1.807) is 0 Å². The molecule has 144 valence electrons. The maximum atomic E-state index is 13.8. The van der Waals surface area contributed by atoms with Gasteiger partial charge in [0.15, 0.2) is 0 Å². The second kappa shape index (κ2) is 7.68. The number of nitrogens with one attached hydrogen (secondary N) is 2. The molecule has 0 aromatic heterocycles. The molecule has 0 spiro atoms. The van der Waals surface area contributed by atoms with E-state index >= 15 is 0 Å². The molecule has 1 saturated heterocycles. The highest BCUT2D eigenvalue weighted by molar-refractivity contribution is 6.01. The molecule has 0 radical (unpaired) electrons. The normalized spacial score (nSPS) is 20.3. The molecule has 2 atom stereocenters. The molecular formula is C20H20F4N2O. The highest BCUT2D eigenvalue weighted by Gasteiger charge is 2.31. The lowest BCUT2D eigenvalue weighted by Gasteiger charge is -2.30. The Kier molecular flexibility index (Phi) is 5.51. The molecule has 2 aromatic carbocycles. The quantitative estimate of drug-likeness (QED) is 0.782. The minimum Gasteiger partial charge on any atom is -0.349 e. The average Bonchev–Trinajstić information content (AvgIpc) is 2.63. The first-order valence-electron chi connectivity index (χ1n) is 8.74. The van der Waals surface area contributed by atoms with Crippen LogP contribution in [0.15, 0.2) is 42.5 Å². The molecule has 1 fully saturated rings. The molecule has 3 rings (SSSR count). The van der Waals surface area contributed by atoms with Crippen molar-refractivity contribution in [1.29, 1.82) is 0 Å². The van der Waals surface area contributed by atoms with Gasteiger partial charge in [-0.1, -0.05) is 25.1 Å². The Morgan fingerprint density at radius 1 is 1.19 bits per heavy atom. The van der Waals surface area contributed by atoms with Gasteiger partial charge in [-0.2, -0.15) is 13.2 Å². The Morgan fingerprint density at radius 2 is 1.96 bits per heavy atom. The largest absolute Gasteiger partial charge is 0.416 e. The van der Waals surface area contributed by atoms with Crippen LogP contribution in [0.4, 0.5) is 17.6 Å². The van der Waals surface area contributed by atoms with Gasteiger partial charge in [-0.3, -0.25) is 4.79 Å². The van der Waals surface area contributed by atoms with Crippen molar-refractivity contribution in [3.05, 3.63) is 59.4 Å². The lowest BCUT2D eigenvalue weighted by atomic mass is 9.93. The minimum absolute atomic E-state index is 0.0278. The molecule has 1 aliphatic rings. The predicted octanol–water partition coefficient (Wildman–Crippen LogP) is 4.24. The molecule has 1 aliphatic heterocycles. The van der Waals surface area contributed by atoms with E-state index in [2.05, 4.69) is 10.6 Å². The monoisotopic (exact) mass is 380 g/mol. The number of hydrogen-bond acceptors (Lipinski definition) is 2. The Hall–Kier alpha value is -2.41. The third kappa shape index (κ3) is 4.47. The lowest BCUT2D eigenvalue weighted by molar-refractivity contribution is -0.137. The second-order valence-corrected chi connectivity index (χ2v) is 6.82. The standard InChI is InChI=1S/C20H20F4N2O/c1-12-11-25-8-7-18(12)26-19(27)17-10-15(21)5-6-16(17)13-3-2-4-14(9-13)20(22,23)24/h2-6,9-10,12,18,25H,7-8,11H2,1H3,(H,26,27). The summed E-state index contributed by atoms with van der Waals surface area (Å²) in [6, 6.07) is 8.16. The van der Waals surface area contributed by atoms with Crippen LogP contribution < -0.4 is 10.6 Å². The number of carbonyl (C=O) groups excluding carboxylic acids is 1. The van der Waals surface area contributed by atoms with Crippen LogP contribution in [0.1, 0.15) is 29.3 Å². The van der Waals surface area contributed by atoms with Crippen LogP contribution in [0.3, 0.4) is 0 Å². The Bertz CT molecular complexity index is 835. The van der Waals surface area contributed by atoms with Gasteiger partial charge in [0, 0.05) is 6.04 Å². The molecule has 0 aliphatic carbocycles. The summed E-state index contributed by atoms with van der Waals surface area (Å²) in [7, 11) is 0. The Labute approximate surface area is 154 Å². The van der Waals surface area contributed by atoms with E-state index in [0.29, 0.717) is 0 Å². The summed E-state index contributed by atoms with van der Waals surface area (Å²) < 4.78 is 52.8. The first-order valence-corrected chi connectivity index (χ1v) is 8.74. The van der Waals surface area contributed by atoms with E-state index in [-0.39, 0.29) is 28.7 Å². The van der Waals surface area contributed by atoms with Gasteiger partial charge in [-0.05, 0) is 60.8 Å². The molecule has 27 heavy (non-hydrogen) atoms. The van der Waals surface area contributed by atoms with Gasteiger partial charge < -0.3 is 10.6 Å². The number of benzene rings is 2. The second-order valence-electron chi connectivity index (χ2n) is 6.82. The van der Waals surface area contributed by atoms with Crippen LogP contribution in [0.5, 0.6) is 0 Å². The smallest absolute Gasteiger partial charge is 0.349 e. The molecule has 3 nitrogen and oxygen atoms in total. The van der Waals surface area contributed by atoms with E-state index in [4.69, 9.17) is 0 Å². The van der Waals surface area contributed by atoms with E-state index in [9.17, 15) is 22.4 Å². The van der Waals surface area contributed by atoms with E-state index in [0.717, 1.165) is 43.8 Å². The number of hydrogen-bond donors (Lipinski definition) is 2. The summed E-state index contributed by atoms with van der Waals surface area (Å²) >= 11 is 0. The van der Waals surface area contributed by atoms with E-state index < -0.39 is 23.5 Å². The number of alkyl halides is 3. The predicted molar refractivity (Wildman–Crippen MR) is 94.7 cm³/mol. The van der Waals surface area contributed by atoms with Crippen molar-refractivity contribution in [1.82, 2.24) is 10.6 Å². The van der Waals surface area contributed by atoms with Crippen LogP contribution in [0.25, 0.3) is 11.1 Å². The van der Waals surface area contributed by atoms with Crippen molar-refractivity contribution in [3.63, 3.8) is 0 Å². The summed E-state index contributed by atoms with van der Waals surface area (Å²) in [5.74, 6) is -0.900. The first-order chi connectivity index (χ1) is 12.8. The third-order valence-corrected chi connectivity index (χ3v) is 4.83. The number of piperidine rings is 1. The summed E-state index contributed by atoms with van der Waals surface area (Å²) in [4.78, 5) is 12.8. The van der Waals surface area contributed by atoms with Crippen LogP contribution in [0.2, 0.25) is 0 Å². The fourth-order valence-corrected chi connectivity index (χ4v) is 3.29. The Morgan fingerprint density at radius 3 is 2.67 bits per heavy atom. The van der Waals surface area contributed by atoms with E-state index in [1.807, 2.05) is 6.92 Å². The highest BCUT2D eigenvalue weighted by atomic mass is 19.4. The van der Waals surface area contributed by atoms with Crippen molar-refractivity contribution in [2.75, 3.05) is 13.1 Å². The van der Waals surface area contributed by atoms with Gasteiger partial charge in [-0.15, -0.1) is 0 Å². The average molecular weight is 380 g/mol. The van der Waals surface area contributed by atoms with Crippen LogP contribution >= 0.6 is 0 Å². The van der Waals surface area contributed by atoms with Crippen LogP contribution in [-0.2, 0) is 6.18 Å². The van der Waals surface area contributed by atoms with Gasteiger partial charge in [0.2, 0.25) is 0 Å². The lowest BCUT2D eigenvalue weighted by Crippen LogP contribution is -2.48. The van der Waals surface area contributed by atoms with Gasteiger partial charge >= 0.3 is 6.18 Å². The van der Waals surface area contributed by atoms with Gasteiger partial charge in [-0.25, -0.2) is 4.39 Å². The van der Waals surface area contributed by atoms with Crippen molar-refractivity contribution in [2.24, 2.45) is 5.92 Å². The summed E-state index contributed by atoms with van der Waals surface area (Å²) in [5.41, 5.74) is -0.308. The van der Waals surface area contributed by atoms with Crippen LogP contribution in [-0.4, -0.2) is 25.0 Å². The molecule has 1 amide bonds. The number of rotatable bonds is 3. The molecular weight excluding hydrogens is 360 g/mol. The van der Waals surface area contributed by atoms with Crippen molar-refractivity contribution >= 4 is 5.91 Å². The van der Waals surface area contributed by atoms with Crippen molar-refractivity contribution in [2.45, 2.75) is 25.6 Å². The molecule has 0 bridgehead atoms. The molecule has 0 saturated carbocycles. The highest BCUT2D eigenvalue weighted by Crippen LogP contribution is 2.33. The van der Waals surface area contributed by atoms with Crippen molar-refractivity contribution in [3.8, 4) is 11.1 Å². The SMILES string of the molecule is CC1CNCCC1NC(=O)c1cc(F)ccc1-c1cccc(C(F)(F)F)c1. The Balaban J connectivity index is 1.95. The zero-order valence-corrected chi connectivity index (χ0v) is 14.7. The molecule has 2 N–H and O–H groups in total. The van der Waals surface area contributed by atoms with Gasteiger partial charge in [0.05, 0.1) is 11.1 Å². The van der Waals surface area contributed by atoms with Crippen LogP contribution in [0, 0.1) is 11.7 Å². The minimum atomic E-state index is -4.50. The number of halogens is 4. The maximum absolute atomic E-state index is 13.8. The zero-order valence-electron chi connectivity index (χ0n) is 14.7. The summed E-state index contributed by atoms with van der Waals surface area (Å²) in [6.45, 7) is 3.52. The van der Waals surface area contributed by atoms with Gasteiger partial charge in [0.25, 0.3) is 5.91 Å². The first kappa shape index (κ1) is 19.4. The zero-order chi connectivity index (χ0) is 19.6. The number of carbonyl (C=O) groups is 1. The molecule has 7 heteroatoms. The van der Waals surface area contributed by atoms with E-state index in [1.165, 1.54) is 18.2 Å². The van der Waals surface area contributed by atoms with Gasteiger partial charge in [0.1, 0.15) is 5.82 Å². The topological polar surface area (TPSA) is 41.1 Å². The molecule has 2 aromatic rings. The third-order valence-electron chi connectivity index (χ3n) is 4.83. The van der Waals surface area contributed by atoms with Crippen molar-refractivity contribution < 1.29 is 22.4 Å². The molecule has 1 heterocycles. The molecule has 2 unspecified atom stereocenters.